The number of hydrogen-bond donors (Lipinski definition) is 1. The molecule has 1 atom stereocenters. The maximum absolute atomic E-state index is 13.6. The van der Waals surface area contributed by atoms with E-state index in [2.05, 4.69) is 9.97 Å². The van der Waals surface area contributed by atoms with Gasteiger partial charge in [0.1, 0.15) is 11.6 Å². The average Bonchev–Trinajstić information content (AvgIpc) is 3.33. The van der Waals surface area contributed by atoms with Crippen LogP contribution in [0.25, 0.3) is 0 Å². The van der Waals surface area contributed by atoms with Gasteiger partial charge in [0.25, 0.3) is 17.4 Å². The van der Waals surface area contributed by atoms with Crippen LogP contribution in [0.3, 0.4) is 0 Å². The lowest BCUT2D eigenvalue weighted by atomic mass is 10.0. The molecule has 2 aliphatic rings. The zero-order valence-corrected chi connectivity index (χ0v) is 17.8. The fourth-order valence-corrected chi connectivity index (χ4v) is 4.55. The number of aromatic amines is 1. The number of aromatic nitrogens is 3. The van der Waals surface area contributed by atoms with E-state index >= 15 is 0 Å². The van der Waals surface area contributed by atoms with Gasteiger partial charge in [-0.05, 0) is 49.6 Å². The number of pyridine rings is 1. The molecule has 0 radical (unpaired) electrons. The number of H-pyrrole nitrogens is 1. The van der Waals surface area contributed by atoms with Gasteiger partial charge < -0.3 is 14.8 Å². The minimum absolute atomic E-state index is 0.143. The number of amides is 2. The molecule has 0 spiro atoms. The first-order valence-corrected chi connectivity index (χ1v) is 10.9. The topological polar surface area (TPSA) is 99.3 Å². The molecule has 1 saturated heterocycles. The number of halogens is 1. The van der Waals surface area contributed by atoms with E-state index < -0.39 is 11.9 Å². The lowest BCUT2D eigenvalue weighted by Gasteiger charge is -2.29. The highest BCUT2D eigenvalue weighted by atomic mass is 19.1. The summed E-state index contributed by atoms with van der Waals surface area (Å²) < 4.78 is 13.6. The van der Waals surface area contributed by atoms with Gasteiger partial charge in [-0.2, -0.15) is 0 Å². The van der Waals surface area contributed by atoms with E-state index in [1.807, 2.05) is 0 Å². The Balaban J connectivity index is 1.42. The van der Waals surface area contributed by atoms with Crippen LogP contribution < -0.4 is 5.56 Å². The fraction of sp³-hybridized carbons (Fsp3) is 0.292. The highest BCUT2D eigenvalue weighted by Gasteiger charge is 2.34. The minimum atomic E-state index is -0.476. The molecule has 8 nitrogen and oxygen atoms in total. The molecular formula is C24H22FN5O3. The van der Waals surface area contributed by atoms with Crippen molar-refractivity contribution < 1.29 is 14.0 Å². The second-order valence-electron chi connectivity index (χ2n) is 8.26. The first kappa shape index (κ1) is 21.0. The van der Waals surface area contributed by atoms with Crippen LogP contribution in [0.2, 0.25) is 0 Å². The zero-order chi connectivity index (χ0) is 22.9. The van der Waals surface area contributed by atoms with Gasteiger partial charge in [-0.25, -0.2) is 9.37 Å². The van der Waals surface area contributed by atoms with Crippen LogP contribution in [0.5, 0.6) is 0 Å². The maximum Gasteiger partial charge on any atom is 0.254 e. The van der Waals surface area contributed by atoms with Crippen molar-refractivity contribution in [3.05, 3.63) is 93.2 Å². The molecule has 168 valence electrons. The van der Waals surface area contributed by atoms with E-state index in [0.29, 0.717) is 48.6 Å². The summed E-state index contributed by atoms with van der Waals surface area (Å²) in [6.45, 7) is 1.14. The summed E-state index contributed by atoms with van der Waals surface area (Å²) in [6, 6.07) is 8.48. The molecule has 3 aromatic rings. The summed E-state index contributed by atoms with van der Waals surface area (Å²) in [5.41, 5.74) is 1.67. The summed E-state index contributed by atoms with van der Waals surface area (Å²) in [6.07, 6.45) is 4.93. The Morgan fingerprint density at radius 1 is 1.06 bits per heavy atom. The van der Waals surface area contributed by atoms with E-state index in [4.69, 9.17) is 4.98 Å². The molecule has 9 heteroatoms. The van der Waals surface area contributed by atoms with E-state index in [1.165, 1.54) is 18.2 Å². The molecule has 33 heavy (non-hydrogen) atoms. The van der Waals surface area contributed by atoms with Gasteiger partial charge in [0.15, 0.2) is 0 Å². The van der Waals surface area contributed by atoms with Crippen LogP contribution in [0.15, 0.2) is 53.6 Å². The number of rotatable bonds is 3. The second kappa shape index (κ2) is 8.57. The SMILES string of the molecule is O=C(c1ccncc1)N1CCc2c(nc(C3CCCN3C(=O)c3cccc(F)c3)[nH]c2=O)C1. The Morgan fingerprint density at radius 2 is 1.88 bits per heavy atom. The van der Waals surface area contributed by atoms with E-state index in [1.54, 1.807) is 40.4 Å². The summed E-state index contributed by atoms with van der Waals surface area (Å²) in [5.74, 6) is -0.516. The predicted octanol–water partition coefficient (Wildman–Crippen LogP) is 2.48. The standard InChI is InChI=1S/C24H22FN5O3/c25-17-4-1-3-16(13-17)24(33)30-11-2-5-20(30)21-27-19-14-29(12-8-18(19)22(31)28-21)23(32)15-6-9-26-10-7-15/h1,3-4,6-7,9-10,13,20H,2,5,8,11-12,14H2,(H,27,28,31). The number of likely N-dealkylation sites (tertiary alicyclic amines) is 1. The molecule has 1 unspecified atom stereocenters. The molecule has 0 saturated carbocycles. The Labute approximate surface area is 189 Å². The van der Waals surface area contributed by atoms with Crippen molar-refractivity contribution in [2.24, 2.45) is 0 Å². The van der Waals surface area contributed by atoms with Crippen LogP contribution in [0, 0.1) is 5.82 Å². The van der Waals surface area contributed by atoms with E-state index in [0.717, 1.165) is 6.42 Å². The fourth-order valence-electron chi connectivity index (χ4n) is 4.55. The molecule has 1 N–H and O–H groups in total. The molecule has 2 amide bonds. The largest absolute Gasteiger partial charge is 0.332 e. The van der Waals surface area contributed by atoms with Gasteiger partial charge in [-0.15, -0.1) is 0 Å². The molecular weight excluding hydrogens is 425 g/mol. The summed E-state index contributed by atoms with van der Waals surface area (Å²) >= 11 is 0. The number of hydrogen-bond acceptors (Lipinski definition) is 5. The van der Waals surface area contributed by atoms with Gasteiger partial charge in [-0.1, -0.05) is 6.07 Å². The van der Waals surface area contributed by atoms with Crippen molar-refractivity contribution in [2.45, 2.75) is 31.8 Å². The first-order valence-electron chi connectivity index (χ1n) is 10.9. The molecule has 1 fully saturated rings. The third-order valence-corrected chi connectivity index (χ3v) is 6.21. The number of fused-ring (bicyclic) bond motifs is 1. The molecule has 2 aliphatic heterocycles. The number of carbonyl (C=O) groups excluding carboxylic acids is 2. The smallest absolute Gasteiger partial charge is 0.254 e. The summed E-state index contributed by atoms with van der Waals surface area (Å²) in [5, 5.41) is 0. The monoisotopic (exact) mass is 447 g/mol. The highest BCUT2D eigenvalue weighted by molar-refractivity contribution is 5.95. The summed E-state index contributed by atoms with van der Waals surface area (Å²) in [4.78, 5) is 53.5. The Hall–Kier alpha value is -3.88. The van der Waals surface area contributed by atoms with Crippen LogP contribution in [0.4, 0.5) is 4.39 Å². The molecule has 1 aromatic carbocycles. The van der Waals surface area contributed by atoms with Crippen molar-refractivity contribution in [3.63, 3.8) is 0 Å². The maximum atomic E-state index is 13.6. The van der Waals surface area contributed by atoms with E-state index in [9.17, 15) is 18.8 Å². The van der Waals surface area contributed by atoms with Gasteiger partial charge in [0, 0.05) is 42.2 Å². The molecule has 4 heterocycles. The molecule has 2 aromatic heterocycles. The van der Waals surface area contributed by atoms with Gasteiger partial charge in [0.2, 0.25) is 0 Å². The highest BCUT2D eigenvalue weighted by Crippen LogP contribution is 2.31. The van der Waals surface area contributed by atoms with Gasteiger partial charge in [0.05, 0.1) is 18.3 Å². The lowest BCUT2D eigenvalue weighted by molar-refractivity contribution is 0.0728. The third kappa shape index (κ3) is 4.02. The Kier molecular flexibility index (Phi) is 5.45. The van der Waals surface area contributed by atoms with Crippen LogP contribution in [-0.4, -0.2) is 49.7 Å². The van der Waals surface area contributed by atoms with Crippen LogP contribution >= 0.6 is 0 Å². The Bertz CT molecular complexity index is 1280. The predicted molar refractivity (Wildman–Crippen MR) is 117 cm³/mol. The third-order valence-electron chi connectivity index (χ3n) is 6.21. The first-order chi connectivity index (χ1) is 16.0. The molecule has 5 rings (SSSR count). The lowest BCUT2D eigenvalue weighted by Crippen LogP contribution is -2.40. The number of nitrogens with one attached hydrogen (secondary N) is 1. The summed E-state index contributed by atoms with van der Waals surface area (Å²) in [7, 11) is 0. The van der Waals surface area contributed by atoms with Crippen LogP contribution in [0.1, 0.15) is 56.7 Å². The van der Waals surface area contributed by atoms with Gasteiger partial charge >= 0.3 is 0 Å². The number of carbonyl (C=O) groups is 2. The molecule has 0 bridgehead atoms. The number of benzene rings is 1. The minimum Gasteiger partial charge on any atom is -0.332 e. The van der Waals surface area contributed by atoms with E-state index in [-0.39, 0.29) is 29.5 Å². The average molecular weight is 447 g/mol. The van der Waals surface area contributed by atoms with Crippen molar-refractivity contribution >= 4 is 11.8 Å². The van der Waals surface area contributed by atoms with Crippen molar-refractivity contribution in [1.82, 2.24) is 24.8 Å². The van der Waals surface area contributed by atoms with Crippen molar-refractivity contribution in [3.8, 4) is 0 Å². The van der Waals surface area contributed by atoms with Gasteiger partial charge in [-0.3, -0.25) is 19.4 Å². The van der Waals surface area contributed by atoms with Crippen molar-refractivity contribution in [1.29, 1.82) is 0 Å². The number of nitrogens with zero attached hydrogens (tertiary/aromatic N) is 4. The second-order valence-corrected chi connectivity index (χ2v) is 8.26. The van der Waals surface area contributed by atoms with Crippen molar-refractivity contribution in [2.75, 3.05) is 13.1 Å². The zero-order valence-electron chi connectivity index (χ0n) is 17.8. The normalized spacial score (nSPS) is 17.7. The quantitative estimate of drug-likeness (QED) is 0.665. The van der Waals surface area contributed by atoms with Crippen LogP contribution in [-0.2, 0) is 13.0 Å². The Morgan fingerprint density at radius 3 is 2.67 bits per heavy atom. The molecule has 0 aliphatic carbocycles.